The molecule has 0 unspecified atom stereocenters. The van der Waals surface area contributed by atoms with Crippen molar-refractivity contribution in [1.82, 2.24) is 4.57 Å². The zero-order chi connectivity index (χ0) is 32.9. The number of ether oxygens (including phenoxy) is 3. The second-order valence-electron chi connectivity index (χ2n) is 13.6. The maximum atomic E-state index is 6.53. The van der Waals surface area contributed by atoms with Crippen LogP contribution in [0.2, 0.25) is 0 Å². The highest BCUT2D eigenvalue weighted by Crippen LogP contribution is 2.40. The fraction of sp³-hybridized carbons (Fsp3) is 0.780. The third kappa shape index (κ3) is 19.5. The van der Waals surface area contributed by atoms with Gasteiger partial charge in [-0.1, -0.05) is 156 Å². The first kappa shape index (κ1) is 40.0. The molecule has 2 aromatic rings. The molecule has 0 amide bonds. The second kappa shape index (κ2) is 27.9. The third-order valence-corrected chi connectivity index (χ3v) is 9.02. The Morgan fingerprint density at radius 2 is 0.870 bits per heavy atom. The van der Waals surface area contributed by atoms with Gasteiger partial charge >= 0.3 is 0 Å². The number of imidazole rings is 1. The molecule has 0 bridgehead atoms. The van der Waals surface area contributed by atoms with Crippen LogP contribution in [0.5, 0.6) is 17.2 Å². The number of benzene rings is 1. The highest BCUT2D eigenvalue weighted by molar-refractivity contribution is 5.54. The van der Waals surface area contributed by atoms with Crippen LogP contribution in [0.1, 0.15) is 180 Å². The van der Waals surface area contributed by atoms with Gasteiger partial charge in [0.15, 0.2) is 11.5 Å². The van der Waals surface area contributed by atoms with Gasteiger partial charge in [-0.25, -0.2) is 9.13 Å². The number of aromatic nitrogens is 2. The van der Waals surface area contributed by atoms with E-state index in [-0.39, 0.29) is 0 Å². The Bertz CT molecular complexity index is 929. The molecule has 1 aromatic carbocycles. The third-order valence-electron chi connectivity index (χ3n) is 9.02. The van der Waals surface area contributed by atoms with E-state index in [2.05, 4.69) is 67.8 Å². The van der Waals surface area contributed by atoms with Crippen molar-refractivity contribution in [2.24, 2.45) is 7.05 Å². The van der Waals surface area contributed by atoms with Gasteiger partial charge in [0.05, 0.1) is 26.9 Å². The van der Waals surface area contributed by atoms with Gasteiger partial charge in [0.2, 0.25) is 12.1 Å². The second-order valence-corrected chi connectivity index (χ2v) is 13.6. The molecule has 0 fully saturated rings. The molecule has 0 spiro atoms. The number of nitrogens with zero attached hydrogens (tertiary/aromatic N) is 2. The Balaban J connectivity index is 2.02. The first-order chi connectivity index (χ1) is 22.7. The fourth-order valence-electron chi connectivity index (χ4n) is 6.13. The molecule has 5 heteroatoms. The molecule has 5 nitrogen and oxygen atoms in total. The minimum absolute atomic E-state index is 0.712. The van der Waals surface area contributed by atoms with E-state index < -0.39 is 0 Å². The van der Waals surface area contributed by atoms with Crippen molar-refractivity contribution in [2.45, 2.75) is 181 Å². The van der Waals surface area contributed by atoms with Gasteiger partial charge in [0.25, 0.3) is 0 Å². The van der Waals surface area contributed by atoms with E-state index in [4.69, 9.17) is 14.2 Å². The SMILES string of the molecule is CCCCCCCCCCOc1cc(Cn2cc[n+](C)c2)cc(OCCCCCCCCCC)c1OCCCCCCCCCC. The summed E-state index contributed by atoms with van der Waals surface area (Å²) in [5.41, 5.74) is 1.19. The standard InChI is InChI=1S/C41H73N2O3/c1-5-8-11-14-17-20-23-26-31-44-39-34-38(36-43-30-29-42(4)37-43)35-40(45-32-27-24-21-18-15-12-9-6-2)41(39)46-33-28-25-22-19-16-13-10-7-3/h29-30,34-35,37H,5-28,31-33,36H2,1-4H3/q+1. The number of rotatable bonds is 32. The van der Waals surface area contributed by atoms with Crippen molar-refractivity contribution in [2.75, 3.05) is 19.8 Å². The Labute approximate surface area is 284 Å². The summed E-state index contributed by atoms with van der Waals surface area (Å²) in [6.45, 7) is 9.79. The average molecular weight is 642 g/mol. The highest BCUT2D eigenvalue weighted by atomic mass is 16.5. The van der Waals surface area contributed by atoms with E-state index in [9.17, 15) is 0 Å². The Hall–Kier alpha value is -2.17. The van der Waals surface area contributed by atoms with E-state index in [1.807, 2.05) is 0 Å². The summed E-state index contributed by atoms with van der Waals surface area (Å²) in [6.07, 6.45) is 37.4. The largest absolute Gasteiger partial charge is 0.490 e. The lowest BCUT2D eigenvalue weighted by atomic mass is 10.1. The van der Waals surface area contributed by atoms with Crippen LogP contribution in [0.15, 0.2) is 30.9 Å². The van der Waals surface area contributed by atoms with Crippen LogP contribution < -0.4 is 18.8 Å². The lowest BCUT2D eigenvalue weighted by Crippen LogP contribution is -2.23. The molecule has 0 saturated carbocycles. The molecule has 2 rings (SSSR count). The minimum atomic E-state index is 0.712. The van der Waals surface area contributed by atoms with Gasteiger partial charge in [0, 0.05) is 5.56 Å². The zero-order valence-electron chi connectivity index (χ0n) is 30.8. The van der Waals surface area contributed by atoms with Crippen molar-refractivity contribution < 1.29 is 18.8 Å². The Morgan fingerprint density at radius 3 is 1.24 bits per heavy atom. The van der Waals surface area contributed by atoms with Gasteiger partial charge in [0.1, 0.15) is 18.9 Å². The van der Waals surface area contributed by atoms with Crippen LogP contribution in [0.25, 0.3) is 0 Å². The Morgan fingerprint density at radius 1 is 0.500 bits per heavy atom. The quantitative estimate of drug-likeness (QED) is 0.0589. The zero-order valence-corrected chi connectivity index (χ0v) is 30.8. The molecule has 0 aliphatic heterocycles. The summed E-state index contributed by atoms with van der Waals surface area (Å²) in [5, 5.41) is 0. The summed E-state index contributed by atoms with van der Waals surface area (Å²) >= 11 is 0. The normalized spacial score (nSPS) is 11.3. The summed E-state index contributed by atoms with van der Waals surface area (Å²) in [6, 6.07) is 4.38. The highest BCUT2D eigenvalue weighted by Gasteiger charge is 2.17. The molecule has 0 aliphatic carbocycles. The summed E-state index contributed by atoms with van der Waals surface area (Å²) in [4.78, 5) is 0. The van der Waals surface area contributed by atoms with E-state index >= 15 is 0 Å². The van der Waals surface area contributed by atoms with Crippen molar-refractivity contribution in [3.05, 3.63) is 36.4 Å². The topological polar surface area (TPSA) is 36.5 Å². The van der Waals surface area contributed by atoms with E-state index in [1.54, 1.807) is 0 Å². The van der Waals surface area contributed by atoms with Crippen LogP contribution in [-0.2, 0) is 13.6 Å². The monoisotopic (exact) mass is 642 g/mol. The number of hydrogen-bond acceptors (Lipinski definition) is 3. The molecule has 0 radical (unpaired) electrons. The summed E-state index contributed by atoms with van der Waals surface area (Å²) in [5.74, 6) is 2.51. The summed E-state index contributed by atoms with van der Waals surface area (Å²) < 4.78 is 23.8. The van der Waals surface area contributed by atoms with Gasteiger partial charge in [-0.05, 0) is 31.4 Å². The van der Waals surface area contributed by atoms with Crippen LogP contribution in [0.4, 0.5) is 0 Å². The number of hydrogen-bond donors (Lipinski definition) is 0. The number of unbranched alkanes of at least 4 members (excludes halogenated alkanes) is 21. The molecular formula is C41H73N2O3+. The van der Waals surface area contributed by atoms with Crippen molar-refractivity contribution >= 4 is 0 Å². The first-order valence-corrected chi connectivity index (χ1v) is 19.7. The van der Waals surface area contributed by atoms with Crippen LogP contribution >= 0.6 is 0 Å². The maximum absolute atomic E-state index is 6.53. The molecular weight excluding hydrogens is 568 g/mol. The predicted octanol–water partition coefficient (Wildman–Crippen LogP) is 11.9. The summed E-state index contributed by atoms with van der Waals surface area (Å²) in [7, 11) is 2.06. The van der Waals surface area contributed by atoms with Crippen LogP contribution in [0, 0.1) is 0 Å². The Kier molecular flexibility index (Phi) is 24.3. The van der Waals surface area contributed by atoms with Gasteiger partial charge in [-0.2, -0.15) is 0 Å². The van der Waals surface area contributed by atoms with E-state index in [0.717, 1.165) is 56.3 Å². The molecule has 0 N–H and O–H groups in total. The van der Waals surface area contributed by atoms with Gasteiger partial charge in [-0.15, -0.1) is 0 Å². The smallest absolute Gasteiger partial charge is 0.243 e. The molecule has 264 valence electrons. The van der Waals surface area contributed by atoms with Crippen molar-refractivity contribution in [1.29, 1.82) is 0 Å². The van der Waals surface area contributed by atoms with Crippen LogP contribution in [0.3, 0.4) is 0 Å². The van der Waals surface area contributed by atoms with Gasteiger partial charge in [-0.3, -0.25) is 0 Å². The molecule has 0 aliphatic rings. The van der Waals surface area contributed by atoms with Gasteiger partial charge < -0.3 is 14.2 Å². The van der Waals surface area contributed by atoms with Crippen molar-refractivity contribution in [3.8, 4) is 17.2 Å². The average Bonchev–Trinajstić information content (AvgIpc) is 3.47. The maximum Gasteiger partial charge on any atom is 0.243 e. The van der Waals surface area contributed by atoms with E-state index in [1.165, 1.54) is 140 Å². The minimum Gasteiger partial charge on any atom is -0.490 e. The molecule has 46 heavy (non-hydrogen) atoms. The molecule has 1 heterocycles. The van der Waals surface area contributed by atoms with Crippen molar-refractivity contribution in [3.63, 3.8) is 0 Å². The van der Waals surface area contributed by atoms with Crippen LogP contribution in [-0.4, -0.2) is 24.4 Å². The number of aryl methyl sites for hydroxylation is 1. The fourth-order valence-corrected chi connectivity index (χ4v) is 6.13. The lowest BCUT2D eigenvalue weighted by Gasteiger charge is -2.19. The molecule has 0 saturated heterocycles. The molecule has 0 atom stereocenters. The molecule has 1 aromatic heterocycles. The predicted molar refractivity (Wildman–Crippen MR) is 195 cm³/mol. The van der Waals surface area contributed by atoms with E-state index in [0.29, 0.717) is 6.61 Å². The first-order valence-electron chi connectivity index (χ1n) is 19.7. The lowest BCUT2D eigenvalue weighted by molar-refractivity contribution is -0.671.